The van der Waals surface area contributed by atoms with E-state index < -0.39 is 0 Å². The van der Waals surface area contributed by atoms with Crippen molar-refractivity contribution in [1.82, 2.24) is 10.2 Å². The van der Waals surface area contributed by atoms with Crippen molar-refractivity contribution in [1.29, 1.82) is 0 Å². The molecule has 3 nitrogen and oxygen atoms in total. The van der Waals surface area contributed by atoms with Gasteiger partial charge in [0.1, 0.15) is 0 Å². The van der Waals surface area contributed by atoms with Gasteiger partial charge in [-0.05, 0) is 37.8 Å². The van der Waals surface area contributed by atoms with Gasteiger partial charge in [-0.25, -0.2) is 0 Å². The molecule has 112 valence electrons. The molecule has 0 bridgehead atoms. The largest absolute Gasteiger partial charge is 0.345 e. The molecule has 1 aliphatic rings. The highest BCUT2D eigenvalue weighted by Crippen LogP contribution is 2.13. The summed E-state index contributed by atoms with van der Waals surface area (Å²) in [5.41, 5.74) is 1.35. The van der Waals surface area contributed by atoms with E-state index in [-0.39, 0.29) is 18.3 Å². The standard InChI is InChI=1S/C16H24N2O.ClH/c1-18(16(19)15-10-5-11-17-13-15)12-6-9-14-7-3-2-4-8-14;/h2-4,7-8,15,17H,5-6,9-13H2,1H3;1H/t15-;/m1./s1. The third-order valence-electron chi connectivity index (χ3n) is 3.82. The van der Waals surface area contributed by atoms with Crippen molar-refractivity contribution < 1.29 is 4.79 Å². The molecule has 1 aromatic rings. The number of carbonyl (C=O) groups is 1. The van der Waals surface area contributed by atoms with E-state index in [1.807, 2.05) is 18.0 Å². The van der Waals surface area contributed by atoms with Gasteiger partial charge in [-0.15, -0.1) is 12.4 Å². The van der Waals surface area contributed by atoms with Crippen LogP contribution in [0, 0.1) is 5.92 Å². The first kappa shape index (κ1) is 17.0. The second kappa shape index (κ2) is 8.98. The highest BCUT2D eigenvalue weighted by atomic mass is 35.5. The molecular weight excluding hydrogens is 272 g/mol. The molecule has 1 N–H and O–H groups in total. The first-order valence-corrected chi connectivity index (χ1v) is 7.27. The second-order valence-corrected chi connectivity index (χ2v) is 5.39. The summed E-state index contributed by atoms with van der Waals surface area (Å²) in [6.45, 7) is 2.76. The SMILES string of the molecule is CN(CCCc1ccccc1)C(=O)[C@@H]1CCCNC1.Cl. The zero-order valence-electron chi connectivity index (χ0n) is 12.2. The fourth-order valence-electron chi connectivity index (χ4n) is 2.65. The Morgan fingerprint density at radius 2 is 2.10 bits per heavy atom. The summed E-state index contributed by atoms with van der Waals surface area (Å²) in [6, 6.07) is 10.5. The van der Waals surface area contributed by atoms with Crippen LogP contribution in [-0.2, 0) is 11.2 Å². The predicted octanol–water partition coefficient (Wildman–Crippen LogP) is 2.50. The Bertz CT molecular complexity index is 391. The number of nitrogens with zero attached hydrogens (tertiary/aromatic N) is 1. The summed E-state index contributed by atoms with van der Waals surface area (Å²) in [5.74, 6) is 0.496. The molecule has 0 spiro atoms. The quantitative estimate of drug-likeness (QED) is 0.905. The maximum absolute atomic E-state index is 12.2. The van der Waals surface area contributed by atoms with Crippen molar-refractivity contribution in [2.75, 3.05) is 26.7 Å². The number of piperidine rings is 1. The molecule has 0 aromatic heterocycles. The molecule has 1 fully saturated rings. The lowest BCUT2D eigenvalue weighted by Gasteiger charge is -2.27. The second-order valence-electron chi connectivity index (χ2n) is 5.39. The molecule has 0 saturated carbocycles. The lowest BCUT2D eigenvalue weighted by Crippen LogP contribution is -2.41. The highest BCUT2D eigenvalue weighted by molar-refractivity contribution is 5.85. The van der Waals surface area contributed by atoms with Crippen molar-refractivity contribution in [3.63, 3.8) is 0 Å². The summed E-state index contributed by atoms with van der Waals surface area (Å²) < 4.78 is 0. The van der Waals surface area contributed by atoms with Gasteiger partial charge in [0.05, 0.1) is 5.92 Å². The van der Waals surface area contributed by atoms with E-state index in [9.17, 15) is 4.79 Å². The Morgan fingerprint density at radius 3 is 2.75 bits per heavy atom. The number of hydrogen-bond acceptors (Lipinski definition) is 2. The number of benzene rings is 1. The smallest absolute Gasteiger partial charge is 0.226 e. The van der Waals surface area contributed by atoms with Crippen LogP contribution in [0.3, 0.4) is 0 Å². The lowest BCUT2D eigenvalue weighted by atomic mass is 9.98. The molecule has 0 unspecified atom stereocenters. The third kappa shape index (κ3) is 5.14. The topological polar surface area (TPSA) is 32.3 Å². The number of halogens is 1. The fraction of sp³-hybridized carbons (Fsp3) is 0.562. The van der Waals surface area contributed by atoms with E-state index in [1.165, 1.54) is 5.56 Å². The normalized spacial score (nSPS) is 18.1. The molecule has 1 heterocycles. The van der Waals surface area contributed by atoms with Crippen LogP contribution in [0.25, 0.3) is 0 Å². The Morgan fingerprint density at radius 1 is 1.35 bits per heavy atom. The van der Waals surface area contributed by atoms with E-state index >= 15 is 0 Å². The van der Waals surface area contributed by atoms with Gasteiger partial charge in [-0.2, -0.15) is 0 Å². The van der Waals surface area contributed by atoms with Gasteiger partial charge in [0.2, 0.25) is 5.91 Å². The molecule has 1 saturated heterocycles. The first-order chi connectivity index (χ1) is 9.27. The van der Waals surface area contributed by atoms with Gasteiger partial charge in [-0.1, -0.05) is 30.3 Å². The third-order valence-corrected chi connectivity index (χ3v) is 3.82. The van der Waals surface area contributed by atoms with Crippen LogP contribution in [0.15, 0.2) is 30.3 Å². The van der Waals surface area contributed by atoms with Crippen molar-refractivity contribution in [2.24, 2.45) is 5.92 Å². The number of nitrogens with one attached hydrogen (secondary N) is 1. The molecule has 0 radical (unpaired) electrons. The zero-order chi connectivity index (χ0) is 13.5. The molecule has 1 aliphatic heterocycles. The maximum atomic E-state index is 12.2. The minimum Gasteiger partial charge on any atom is -0.345 e. The van der Waals surface area contributed by atoms with Crippen LogP contribution in [0.4, 0.5) is 0 Å². The zero-order valence-corrected chi connectivity index (χ0v) is 13.0. The van der Waals surface area contributed by atoms with Crippen LogP contribution in [0.2, 0.25) is 0 Å². The minimum absolute atomic E-state index is 0. The van der Waals surface area contributed by atoms with Gasteiger partial charge in [0.15, 0.2) is 0 Å². The van der Waals surface area contributed by atoms with E-state index in [4.69, 9.17) is 0 Å². The number of amides is 1. The van der Waals surface area contributed by atoms with Gasteiger partial charge < -0.3 is 10.2 Å². The molecule has 1 aromatic carbocycles. The molecule has 1 atom stereocenters. The Kier molecular flexibility index (Phi) is 7.63. The van der Waals surface area contributed by atoms with Crippen LogP contribution in [0.1, 0.15) is 24.8 Å². The van der Waals surface area contributed by atoms with Crippen LogP contribution in [-0.4, -0.2) is 37.5 Å². The summed E-state index contributed by atoms with van der Waals surface area (Å²) in [4.78, 5) is 14.1. The Labute approximate surface area is 128 Å². The number of carbonyl (C=O) groups excluding carboxylic acids is 1. The summed E-state index contributed by atoms with van der Waals surface area (Å²) in [5, 5.41) is 3.31. The average molecular weight is 297 g/mol. The summed E-state index contributed by atoms with van der Waals surface area (Å²) >= 11 is 0. The minimum atomic E-state index is 0. The molecular formula is C16H25ClN2O. The average Bonchev–Trinajstić information content (AvgIpc) is 2.48. The van der Waals surface area contributed by atoms with E-state index in [0.717, 1.165) is 45.3 Å². The fourth-order valence-corrected chi connectivity index (χ4v) is 2.65. The van der Waals surface area contributed by atoms with Gasteiger partial charge in [0, 0.05) is 20.1 Å². The van der Waals surface area contributed by atoms with E-state index in [0.29, 0.717) is 5.91 Å². The highest BCUT2D eigenvalue weighted by Gasteiger charge is 2.23. The van der Waals surface area contributed by atoms with Crippen molar-refractivity contribution in [2.45, 2.75) is 25.7 Å². The summed E-state index contributed by atoms with van der Waals surface area (Å²) in [6.07, 6.45) is 4.23. The number of rotatable bonds is 5. The molecule has 1 amide bonds. The van der Waals surface area contributed by atoms with Gasteiger partial charge >= 0.3 is 0 Å². The van der Waals surface area contributed by atoms with Crippen LogP contribution >= 0.6 is 12.4 Å². The number of hydrogen-bond donors (Lipinski definition) is 1. The summed E-state index contributed by atoms with van der Waals surface area (Å²) in [7, 11) is 1.93. The lowest BCUT2D eigenvalue weighted by molar-refractivity contribution is -0.134. The van der Waals surface area contributed by atoms with Crippen LogP contribution in [0.5, 0.6) is 0 Å². The van der Waals surface area contributed by atoms with Crippen molar-refractivity contribution in [3.8, 4) is 0 Å². The van der Waals surface area contributed by atoms with Crippen molar-refractivity contribution in [3.05, 3.63) is 35.9 Å². The van der Waals surface area contributed by atoms with Crippen LogP contribution < -0.4 is 5.32 Å². The maximum Gasteiger partial charge on any atom is 0.226 e. The molecule has 0 aliphatic carbocycles. The number of aryl methyl sites for hydroxylation is 1. The van der Waals surface area contributed by atoms with Gasteiger partial charge in [-0.3, -0.25) is 4.79 Å². The Balaban J connectivity index is 0.00000200. The monoisotopic (exact) mass is 296 g/mol. The Hall–Kier alpha value is -1.06. The van der Waals surface area contributed by atoms with Gasteiger partial charge in [0.25, 0.3) is 0 Å². The molecule has 20 heavy (non-hydrogen) atoms. The van der Waals surface area contributed by atoms with E-state index in [2.05, 4.69) is 29.6 Å². The predicted molar refractivity (Wildman–Crippen MR) is 85.2 cm³/mol. The first-order valence-electron chi connectivity index (χ1n) is 7.27. The van der Waals surface area contributed by atoms with Crippen molar-refractivity contribution >= 4 is 18.3 Å². The molecule has 2 rings (SSSR count). The molecule has 4 heteroatoms. The van der Waals surface area contributed by atoms with E-state index in [1.54, 1.807) is 0 Å².